The van der Waals surface area contributed by atoms with E-state index in [9.17, 15) is 9.18 Å². The van der Waals surface area contributed by atoms with Gasteiger partial charge in [-0.05, 0) is 80.6 Å². The molecule has 37 heavy (non-hydrogen) atoms. The van der Waals surface area contributed by atoms with E-state index < -0.39 is 0 Å². The zero-order chi connectivity index (χ0) is 25.5. The fraction of sp³-hybridized carbons (Fsp3) is 0.759. The number of benzene rings is 1. The summed E-state index contributed by atoms with van der Waals surface area (Å²) in [5.41, 5.74) is 1.04. The van der Waals surface area contributed by atoms with Crippen LogP contribution in [0.3, 0.4) is 0 Å². The normalized spacial score (nSPS) is 29.6. The van der Waals surface area contributed by atoms with Crippen LogP contribution in [0.5, 0.6) is 0 Å². The molecule has 7 nitrogen and oxygen atoms in total. The number of halogens is 1. The molecule has 4 aliphatic rings. The predicted octanol–water partition coefficient (Wildman–Crippen LogP) is 2.86. The lowest BCUT2D eigenvalue weighted by Gasteiger charge is -2.48. The van der Waals surface area contributed by atoms with Crippen molar-refractivity contribution in [2.45, 2.75) is 50.5 Å². The van der Waals surface area contributed by atoms with E-state index in [1.807, 2.05) is 12.1 Å². The number of piperidine rings is 2. The highest BCUT2D eigenvalue weighted by Gasteiger charge is 2.46. The molecule has 5 rings (SSSR count). The molecule has 3 heterocycles. The summed E-state index contributed by atoms with van der Waals surface area (Å²) in [6.07, 6.45) is 8.21. The molecule has 0 aromatic heterocycles. The second-order valence-electron chi connectivity index (χ2n) is 11.9. The van der Waals surface area contributed by atoms with Gasteiger partial charge in [0.15, 0.2) is 0 Å². The number of carbonyl (C=O) groups excluding carboxylic acids is 1. The first-order chi connectivity index (χ1) is 18.1. The molecule has 3 aliphatic heterocycles. The summed E-state index contributed by atoms with van der Waals surface area (Å²) in [4.78, 5) is 18.1. The molecule has 1 aromatic carbocycles. The minimum Gasteiger partial charge on any atom is -0.379 e. The first-order valence-electron chi connectivity index (χ1n) is 14.6. The molecule has 8 heteroatoms. The zero-order valence-electron chi connectivity index (χ0n) is 22.4. The van der Waals surface area contributed by atoms with Crippen LogP contribution in [0.2, 0.25) is 0 Å². The molecule has 0 bridgehead atoms. The Morgan fingerprint density at radius 1 is 1.05 bits per heavy atom. The van der Waals surface area contributed by atoms with E-state index in [-0.39, 0.29) is 17.4 Å². The molecular weight excluding hydrogens is 469 g/mol. The van der Waals surface area contributed by atoms with Crippen LogP contribution in [0.25, 0.3) is 0 Å². The summed E-state index contributed by atoms with van der Waals surface area (Å²) in [6.45, 7) is 10.1. The highest BCUT2D eigenvalue weighted by molar-refractivity contribution is 5.75. The van der Waals surface area contributed by atoms with E-state index in [0.717, 1.165) is 90.8 Å². The largest absolute Gasteiger partial charge is 0.379 e. The van der Waals surface area contributed by atoms with Gasteiger partial charge in [-0.1, -0.05) is 25.0 Å². The van der Waals surface area contributed by atoms with Crippen LogP contribution >= 0.6 is 0 Å². The Kier molecular flexibility index (Phi) is 9.34. The first kappa shape index (κ1) is 26.9. The molecule has 206 valence electrons. The summed E-state index contributed by atoms with van der Waals surface area (Å²) in [6, 6.07) is 7.01. The Balaban J connectivity index is 1.17. The third-order valence-electron chi connectivity index (χ3n) is 8.94. The van der Waals surface area contributed by atoms with Crippen LogP contribution in [0.15, 0.2) is 24.3 Å². The van der Waals surface area contributed by atoms with Crippen molar-refractivity contribution in [2.24, 2.45) is 17.8 Å². The van der Waals surface area contributed by atoms with Crippen LogP contribution in [-0.4, -0.2) is 93.5 Å². The molecule has 0 radical (unpaired) electrons. The molecular formula is C29H46FN5O2. The standard InChI is InChI=1S/C29H46FN5O2/c30-27-7-5-23(6-8-27)18-25-2-1-12-35(20-25)21-26-9-10-31-22-29(26,19-24-3-4-24)33-28(36)32-11-13-34-14-16-37-17-15-34/h5-8,24-26,31H,1-4,9-22H2,(H2,32,33,36)/t25-,26-,29-/m0/s1. The van der Waals surface area contributed by atoms with E-state index >= 15 is 0 Å². The average molecular weight is 516 g/mol. The second kappa shape index (κ2) is 12.9. The fourth-order valence-electron chi connectivity index (χ4n) is 6.72. The number of urea groups is 1. The van der Waals surface area contributed by atoms with E-state index in [1.54, 1.807) is 12.1 Å². The smallest absolute Gasteiger partial charge is 0.315 e. The highest BCUT2D eigenvalue weighted by Crippen LogP contribution is 2.41. The molecule has 1 aliphatic carbocycles. The number of nitrogens with zero attached hydrogens (tertiary/aromatic N) is 2. The second-order valence-corrected chi connectivity index (χ2v) is 11.9. The van der Waals surface area contributed by atoms with Gasteiger partial charge in [0, 0.05) is 45.8 Å². The lowest BCUT2D eigenvalue weighted by molar-refractivity contribution is 0.0385. The Labute approximate surface area is 221 Å². The molecule has 3 saturated heterocycles. The molecule has 1 aromatic rings. The number of nitrogens with one attached hydrogen (secondary N) is 3. The maximum absolute atomic E-state index is 13.3. The molecule has 0 spiro atoms. The number of carbonyl (C=O) groups is 1. The number of ether oxygens (including phenoxy) is 1. The quantitative estimate of drug-likeness (QED) is 0.447. The van der Waals surface area contributed by atoms with Gasteiger partial charge >= 0.3 is 6.03 Å². The minimum atomic E-state index is -0.188. The van der Waals surface area contributed by atoms with E-state index in [1.165, 1.54) is 31.2 Å². The van der Waals surface area contributed by atoms with Crippen molar-refractivity contribution in [3.05, 3.63) is 35.6 Å². The Bertz CT molecular complexity index is 860. The minimum absolute atomic E-state index is 0.0181. The SMILES string of the molecule is O=C(NCCN1CCOCC1)N[C@@]1(CC2CC2)CNCC[C@H]1CN1CCC[C@@H](Cc2ccc(F)cc2)C1. The fourth-order valence-corrected chi connectivity index (χ4v) is 6.72. The van der Waals surface area contributed by atoms with Crippen molar-refractivity contribution < 1.29 is 13.9 Å². The Hall–Kier alpha value is -1.74. The summed E-state index contributed by atoms with van der Waals surface area (Å²) >= 11 is 0. The molecule has 0 unspecified atom stereocenters. The van der Waals surface area contributed by atoms with Gasteiger partial charge in [-0.2, -0.15) is 0 Å². The first-order valence-corrected chi connectivity index (χ1v) is 14.6. The highest BCUT2D eigenvalue weighted by atomic mass is 19.1. The molecule has 3 atom stereocenters. The van der Waals surface area contributed by atoms with Crippen molar-refractivity contribution in [1.29, 1.82) is 0 Å². The summed E-state index contributed by atoms with van der Waals surface area (Å²) in [5.74, 6) is 1.63. The van der Waals surface area contributed by atoms with Crippen LogP contribution in [0.1, 0.15) is 44.1 Å². The maximum Gasteiger partial charge on any atom is 0.315 e. The third kappa shape index (κ3) is 7.88. The number of hydrogen-bond acceptors (Lipinski definition) is 5. The third-order valence-corrected chi connectivity index (χ3v) is 8.94. The summed E-state index contributed by atoms with van der Waals surface area (Å²) in [5, 5.41) is 10.3. The average Bonchev–Trinajstić information content (AvgIpc) is 3.72. The number of hydrogen-bond donors (Lipinski definition) is 3. The van der Waals surface area contributed by atoms with Gasteiger partial charge in [-0.15, -0.1) is 0 Å². The van der Waals surface area contributed by atoms with Crippen LogP contribution < -0.4 is 16.0 Å². The van der Waals surface area contributed by atoms with Gasteiger partial charge in [0.05, 0.1) is 18.8 Å². The monoisotopic (exact) mass is 515 g/mol. The van der Waals surface area contributed by atoms with Crippen molar-refractivity contribution in [2.75, 3.05) is 72.1 Å². The van der Waals surface area contributed by atoms with Gasteiger partial charge in [0.25, 0.3) is 0 Å². The van der Waals surface area contributed by atoms with Gasteiger partial charge in [-0.25, -0.2) is 9.18 Å². The number of likely N-dealkylation sites (tertiary alicyclic amines) is 1. The van der Waals surface area contributed by atoms with Crippen molar-refractivity contribution >= 4 is 6.03 Å². The van der Waals surface area contributed by atoms with E-state index in [2.05, 4.69) is 25.8 Å². The van der Waals surface area contributed by atoms with E-state index in [4.69, 9.17) is 4.74 Å². The Morgan fingerprint density at radius 2 is 1.86 bits per heavy atom. The van der Waals surface area contributed by atoms with Gasteiger partial charge in [0.2, 0.25) is 0 Å². The van der Waals surface area contributed by atoms with Crippen LogP contribution in [0.4, 0.5) is 9.18 Å². The number of rotatable bonds is 10. The maximum atomic E-state index is 13.3. The molecule has 1 saturated carbocycles. The van der Waals surface area contributed by atoms with Crippen LogP contribution in [0, 0.1) is 23.6 Å². The van der Waals surface area contributed by atoms with Gasteiger partial charge in [-0.3, -0.25) is 4.90 Å². The van der Waals surface area contributed by atoms with E-state index in [0.29, 0.717) is 18.4 Å². The topological polar surface area (TPSA) is 68.9 Å². The summed E-state index contributed by atoms with van der Waals surface area (Å²) in [7, 11) is 0. The lowest BCUT2D eigenvalue weighted by Crippen LogP contribution is -2.66. The number of amides is 2. The van der Waals surface area contributed by atoms with Crippen molar-refractivity contribution in [3.8, 4) is 0 Å². The molecule has 3 N–H and O–H groups in total. The predicted molar refractivity (Wildman–Crippen MR) is 144 cm³/mol. The molecule has 4 fully saturated rings. The summed E-state index contributed by atoms with van der Waals surface area (Å²) < 4.78 is 18.8. The lowest BCUT2D eigenvalue weighted by atomic mass is 9.74. The van der Waals surface area contributed by atoms with Crippen LogP contribution in [-0.2, 0) is 11.2 Å². The zero-order valence-corrected chi connectivity index (χ0v) is 22.4. The van der Waals surface area contributed by atoms with Gasteiger partial charge < -0.3 is 25.6 Å². The van der Waals surface area contributed by atoms with Crippen molar-refractivity contribution in [3.63, 3.8) is 0 Å². The number of morpholine rings is 1. The Morgan fingerprint density at radius 3 is 2.65 bits per heavy atom. The van der Waals surface area contributed by atoms with Gasteiger partial charge in [0.1, 0.15) is 5.82 Å². The molecule has 2 amide bonds. The van der Waals surface area contributed by atoms with Crippen molar-refractivity contribution in [1.82, 2.24) is 25.8 Å².